The zero-order valence-corrected chi connectivity index (χ0v) is 18.4. The number of rotatable bonds is 5. The van der Waals surface area contributed by atoms with Gasteiger partial charge in [0.2, 0.25) is 0 Å². The number of benzene rings is 3. The van der Waals surface area contributed by atoms with Gasteiger partial charge in [-0.3, -0.25) is 9.59 Å². The lowest BCUT2D eigenvalue weighted by Gasteiger charge is -2.17. The van der Waals surface area contributed by atoms with Gasteiger partial charge in [-0.25, -0.2) is 4.90 Å². The van der Waals surface area contributed by atoms with Crippen molar-refractivity contribution < 1.29 is 9.59 Å². The van der Waals surface area contributed by atoms with E-state index in [0.29, 0.717) is 27.5 Å². The van der Waals surface area contributed by atoms with Crippen molar-refractivity contribution in [3.05, 3.63) is 104 Å². The second-order valence-electron chi connectivity index (χ2n) is 6.86. The summed E-state index contributed by atoms with van der Waals surface area (Å²) in [4.78, 5) is 28.3. The number of nitrogens with zero attached hydrogens (tertiary/aromatic N) is 1. The number of imide groups is 1. The van der Waals surface area contributed by atoms with E-state index in [-0.39, 0.29) is 16.0 Å². The van der Waals surface area contributed by atoms with E-state index in [2.05, 4.69) is 0 Å². The van der Waals surface area contributed by atoms with Crippen LogP contribution in [0, 0.1) is 6.92 Å². The highest BCUT2D eigenvalue weighted by Crippen LogP contribution is 2.42. The molecule has 30 heavy (non-hydrogen) atoms. The van der Waals surface area contributed by atoms with Gasteiger partial charge in [-0.2, -0.15) is 0 Å². The fourth-order valence-corrected chi connectivity index (χ4v) is 4.68. The Labute approximate surface area is 189 Å². The van der Waals surface area contributed by atoms with E-state index in [1.54, 1.807) is 18.2 Å². The fraction of sp³-hybridized carbons (Fsp3) is 0.0833. The van der Waals surface area contributed by atoms with E-state index in [1.165, 1.54) is 11.8 Å². The molecule has 0 aromatic heterocycles. The quantitative estimate of drug-likeness (QED) is 0.412. The van der Waals surface area contributed by atoms with E-state index in [4.69, 9.17) is 23.2 Å². The van der Waals surface area contributed by atoms with E-state index in [0.717, 1.165) is 16.0 Å². The highest BCUT2D eigenvalue weighted by atomic mass is 35.5. The van der Waals surface area contributed by atoms with Gasteiger partial charge in [-0.05, 0) is 30.2 Å². The second-order valence-corrected chi connectivity index (χ2v) is 8.63. The summed E-state index contributed by atoms with van der Waals surface area (Å²) in [7, 11) is 0. The van der Waals surface area contributed by atoms with Crippen molar-refractivity contribution in [1.29, 1.82) is 0 Å². The third kappa shape index (κ3) is 3.91. The first-order valence-corrected chi connectivity index (χ1v) is 11.0. The maximum atomic E-state index is 13.4. The third-order valence-electron chi connectivity index (χ3n) is 4.78. The number of carbonyl (C=O) groups is 2. The lowest BCUT2D eigenvalue weighted by atomic mass is 10.0. The van der Waals surface area contributed by atoms with Crippen LogP contribution in [0.25, 0.3) is 5.57 Å². The molecule has 6 heteroatoms. The van der Waals surface area contributed by atoms with Gasteiger partial charge in [0.25, 0.3) is 11.8 Å². The van der Waals surface area contributed by atoms with Crippen molar-refractivity contribution in [2.24, 2.45) is 0 Å². The number of thioether (sulfide) groups is 1. The van der Waals surface area contributed by atoms with E-state index in [9.17, 15) is 9.59 Å². The summed E-state index contributed by atoms with van der Waals surface area (Å²) in [6.45, 7) is 1.98. The van der Waals surface area contributed by atoms with Crippen molar-refractivity contribution >= 4 is 58.0 Å². The molecule has 2 amide bonds. The van der Waals surface area contributed by atoms with E-state index in [1.807, 2.05) is 61.5 Å². The summed E-state index contributed by atoms with van der Waals surface area (Å²) >= 11 is 13.8. The van der Waals surface area contributed by atoms with Crippen LogP contribution in [0.15, 0.2) is 77.7 Å². The van der Waals surface area contributed by atoms with Crippen LogP contribution in [0.4, 0.5) is 5.69 Å². The highest BCUT2D eigenvalue weighted by molar-refractivity contribution is 8.03. The van der Waals surface area contributed by atoms with Crippen LogP contribution in [0.1, 0.15) is 16.7 Å². The molecule has 0 saturated carbocycles. The van der Waals surface area contributed by atoms with Crippen molar-refractivity contribution in [1.82, 2.24) is 0 Å². The Morgan fingerprint density at radius 1 is 0.833 bits per heavy atom. The maximum absolute atomic E-state index is 13.4. The molecule has 0 bridgehead atoms. The molecule has 0 saturated heterocycles. The number of carbonyl (C=O) groups excluding carboxylic acids is 2. The molecule has 0 N–H and O–H groups in total. The molecule has 150 valence electrons. The molecule has 0 atom stereocenters. The molecule has 1 aliphatic rings. The lowest BCUT2D eigenvalue weighted by Crippen LogP contribution is -2.31. The number of aryl methyl sites for hydroxylation is 1. The number of hydrogen-bond donors (Lipinski definition) is 0. The zero-order chi connectivity index (χ0) is 21.3. The van der Waals surface area contributed by atoms with Crippen molar-refractivity contribution in [2.45, 2.75) is 12.7 Å². The Morgan fingerprint density at radius 3 is 2.23 bits per heavy atom. The first kappa shape index (κ1) is 20.7. The van der Waals surface area contributed by atoms with Crippen LogP contribution in [0.5, 0.6) is 0 Å². The zero-order valence-electron chi connectivity index (χ0n) is 16.1. The van der Waals surface area contributed by atoms with Crippen LogP contribution in [0.2, 0.25) is 10.0 Å². The van der Waals surface area contributed by atoms with Crippen molar-refractivity contribution in [3.8, 4) is 0 Å². The average molecular weight is 454 g/mol. The third-order valence-corrected chi connectivity index (χ3v) is 6.73. The van der Waals surface area contributed by atoms with Gasteiger partial charge in [0.1, 0.15) is 0 Å². The summed E-state index contributed by atoms with van der Waals surface area (Å²) in [5.74, 6) is -0.217. The Bertz CT molecular complexity index is 1160. The molecule has 3 aromatic rings. The number of halogens is 2. The first-order chi connectivity index (χ1) is 14.5. The number of anilines is 1. The summed E-state index contributed by atoms with van der Waals surface area (Å²) in [6.07, 6.45) is 0. The monoisotopic (exact) mass is 453 g/mol. The van der Waals surface area contributed by atoms with Gasteiger partial charge in [0, 0.05) is 5.75 Å². The summed E-state index contributed by atoms with van der Waals surface area (Å²) in [5.41, 5.74) is 3.52. The fourth-order valence-electron chi connectivity index (χ4n) is 3.23. The molecular formula is C24H17Cl2NO2S. The maximum Gasteiger partial charge on any atom is 0.272 e. The molecule has 0 aliphatic carbocycles. The van der Waals surface area contributed by atoms with Gasteiger partial charge in [0.15, 0.2) is 0 Å². The predicted octanol–water partition coefficient (Wildman–Crippen LogP) is 6.52. The molecule has 0 radical (unpaired) electrons. The van der Waals surface area contributed by atoms with Crippen molar-refractivity contribution in [3.63, 3.8) is 0 Å². The van der Waals surface area contributed by atoms with Crippen LogP contribution in [-0.2, 0) is 15.3 Å². The van der Waals surface area contributed by atoms with E-state index < -0.39 is 5.91 Å². The van der Waals surface area contributed by atoms with Crippen LogP contribution >= 0.6 is 35.0 Å². The highest BCUT2D eigenvalue weighted by Gasteiger charge is 2.41. The Balaban J connectivity index is 1.77. The summed E-state index contributed by atoms with van der Waals surface area (Å²) in [5, 5.41) is 0.468. The average Bonchev–Trinajstić information content (AvgIpc) is 2.99. The minimum Gasteiger partial charge on any atom is -0.268 e. The molecule has 3 aromatic carbocycles. The number of hydrogen-bond acceptors (Lipinski definition) is 3. The normalized spacial score (nSPS) is 14.0. The van der Waals surface area contributed by atoms with Crippen LogP contribution in [-0.4, -0.2) is 11.8 Å². The largest absolute Gasteiger partial charge is 0.272 e. The van der Waals surface area contributed by atoms with Crippen LogP contribution in [0.3, 0.4) is 0 Å². The van der Waals surface area contributed by atoms with Gasteiger partial charge >= 0.3 is 0 Å². The van der Waals surface area contributed by atoms with Gasteiger partial charge < -0.3 is 0 Å². The summed E-state index contributed by atoms with van der Waals surface area (Å²) in [6, 6.07) is 22.3. The minimum atomic E-state index is -0.399. The molecule has 1 heterocycles. The minimum absolute atomic E-state index is 0.179. The Morgan fingerprint density at radius 2 is 1.53 bits per heavy atom. The number of amides is 2. The first-order valence-electron chi connectivity index (χ1n) is 9.28. The topological polar surface area (TPSA) is 37.4 Å². The SMILES string of the molecule is Cc1ccc(C2=C(SCc3ccccc3)C(=O)N(c3cccc(Cl)c3Cl)C2=O)cc1. The predicted molar refractivity (Wildman–Crippen MR) is 125 cm³/mol. The standard InChI is InChI=1S/C24H17Cl2NO2S/c1-15-10-12-17(13-11-15)20-22(30-14-16-6-3-2-4-7-16)24(29)27(23(20)28)19-9-5-8-18(25)21(19)26/h2-13H,14H2,1H3. The van der Waals surface area contributed by atoms with Gasteiger partial charge in [-0.1, -0.05) is 89.4 Å². The van der Waals surface area contributed by atoms with Crippen LogP contribution < -0.4 is 4.90 Å². The smallest absolute Gasteiger partial charge is 0.268 e. The van der Waals surface area contributed by atoms with Gasteiger partial charge in [0.05, 0.1) is 26.2 Å². The second kappa shape index (κ2) is 8.68. The van der Waals surface area contributed by atoms with Gasteiger partial charge in [-0.15, -0.1) is 11.8 Å². The van der Waals surface area contributed by atoms with E-state index >= 15 is 0 Å². The van der Waals surface area contributed by atoms with Crippen molar-refractivity contribution in [2.75, 3.05) is 4.90 Å². The molecule has 0 unspecified atom stereocenters. The molecule has 4 rings (SSSR count). The Hall–Kier alpha value is -2.53. The molecule has 0 spiro atoms. The Kier molecular flexibility index (Phi) is 6.00. The molecule has 3 nitrogen and oxygen atoms in total. The molecule has 0 fully saturated rings. The molecule has 1 aliphatic heterocycles. The lowest BCUT2D eigenvalue weighted by molar-refractivity contribution is -0.119. The molecular weight excluding hydrogens is 437 g/mol. The summed E-state index contributed by atoms with van der Waals surface area (Å²) < 4.78 is 0.